The Labute approximate surface area is 186 Å². The van der Waals surface area contributed by atoms with Gasteiger partial charge in [-0.05, 0) is 24.3 Å². The van der Waals surface area contributed by atoms with Gasteiger partial charge in [-0.2, -0.15) is 0 Å². The third-order valence-corrected chi connectivity index (χ3v) is 6.40. The Morgan fingerprint density at radius 1 is 0.906 bits per heavy atom. The largest absolute Gasteiger partial charge is 0.340 e. The van der Waals surface area contributed by atoms with E-state index in [1.54, 1.807) is 24.3 Å². The first-order chi connectivity index (χ1) is 15.5. The molecule has 0 N–H and O–H groups in total. The molecule has 2 aliphatic heterocycles. The normalized spacial score (nSPS) is 16.8. The molecule has 3 amide bonds. The number of piperazine rings is 1. The van der Waals surface area contributed by atoms with Crippen LogP contribution >= 0.6 is 0 Å². The lowest BCUT2D eigenvalue weighted by Gasteiger charge is -2.34. The first-order valence-corrected chi connectivity index (χ1v) is 10.9. The quantitative estimate of drug-likeness (QED) is 0.577. The van der Waals surface area contributed by atoms with Crippen molar-refractivity contribution in [1.29, 1.82) is 0 Å². The van der Waals surface area contributed by atoms with Gasteiger partial charge >= 0.3 is 0 Å². The number of rotatable bonds is 5. The molecule has 5 rings (SSSR count). The van der Waals surface area contributed by atoms with Crippen molar-refractivity contribution in [1.82, 2.24) is 24.3 Å². The number of fused-ring (bicyclic) bond motifs is 2. The fourth-order valence-electron chi connectivity index (χ4n) is 4.50. The molecule has 0 aliphatic carbocycles. The van der Waals surface area contributed by atoms with E-state index in [0.29, 0.717) is 24.2 Å². The van der Waals surface area contributed by atoms with E-state index in [1.165, 1.54) is 4.90 Å². The van der Waals surface area contributed by atoms with Crippen molar-refractivity contribution < 1.29 is 14.4 Å². The van der Waals surface area contributed by atoms with Crippen molar-refractivity contribution in [3.05, 3.63) is 65.5 Å². The van der Waals surface area contributed by atoms with Crippen LogP contribution in [0.4, 0.5) is 0 Å². The maximum absolute atomic E-state index is 12.7. The van der Waals surface area contributed by atoms with Crippen LogP contribution in [0.1, 0.15) is 33.0 Å². The van der Waals surface area contributed by atoms with Gasteiger partial charge in [-0.1, -0.05) is 24.3 Å². The summed E-state index contributed by atoms with van der Waals surface area (Å²) in [7, 11) is 2.03. The molecule has 0 bridgehead atoms. The van der Waals surface area contributed by atoms with E-state index >= 15 is 0 Å². The summed E-state index contributed by atoms with van der Waals surface area (Å²) < 4.78 is 2.12. The van der Waals surface area contributed by atoms with E-state index in [4.69, 9.17) is 4.98 Å². The van der Waals surface area contributed by atoms with Crippen LogP contribution < -0.4 is 0 Å². The van der Waals surface area contributed by atoms with Crippen LogP contribution in [0.3, 0.4) is 0 Å². The van der Waals surface area contributed by atoms with Gasteiger partial charge < -0.3 is 9.47 Å². The molecule has 0 saturated carbocycles. The van der Waals surface area contributed by atoms with Crippen molar-refractivity contribution in [2.75, 3.05) is 32.7 Å². The zero-order valence-electron chi connectivity index (χ0n) is 18.0. The summed E-state index contributed by atoms with van der Waals surface area (Å²) in [5.41, 5.74) is 2.94. The van der Waals surface area contributed by atoms with E-state index in [0.717, 1.165) is 36.5 Å². The van der Waals surface area contributed by atoms with Crippen LogP contribution in [0.25, 0.3) is 11.0 Å². The lowest BCUT2D eigenvalue weighted by atomic mass is 10.1. The lowest BCUT2D eigenvalue weighted by Crippen LogP contribution is -2.49. The highest BCUT2D eigenvalue weighted by Crippen LogP contribution is 2.23. The number of para-hydroxylation sites is 2. The molecule has 2 aliphatic rings. The molecule has 2 aromatic carbocycles. The molecule has 32 heavy (non-hydrogen) atoms. The number of hydrogen-bond acceptors (Lipinski definition) is 5. The molecular formula is C24H25N5O3. The second kappa shape index (κ2) is 8.20. The van der Waals surface area contributed by atoms with Crippen LogP contribution in [0.5, 0.6) is 0 Å². The average molecular weight is 431 g/mol. The summed E-state index contributed by atoms with van der Waals surface area (Å²) in [6.45, 7) is 3.65. The Morgan fingerprint density at radius 3 is 2.19 bits per heavy atom. The highest BCUT2D eigenvalue weighted by atomic mass is 16.2. The van der Waals surface area contributed by atoms with E-state index < -0.39 is 0 Å². The minimum Gasteiger partial charge on any atom is -0.340 e. The molecule has 0 spiro atoms. The summed E-state index contributed by atoms with van der Waals surface area (Å²) in [6.07, 6.45) is 0.149. The highest BCUT2D eigenvalue weighted by molar-refractivity contribution is 6.21. The van der Waals surface area contributed by atoms with Crippen LogP contribution in [-0.4, -0.2) is 74.7 Å². The molecule has 1 fully saturated rings. The first-order valence-electron chi connectivity index (χ1n) is 10.9. The maximum atomic E-state index is 12.7. The number of carbonyl (C=O) groups excluding carboxylic acids is 3. The van der Waals surface area contributed by atoms with Gasteiger partial charge in [-0.15, -0.1) is 0 Å². The number of imidazole rings is 1. The van der Waals surface area contributed by atoms with Crippen molar-refractivity contribution >= 4 is 28.8 Å². The van der Waals surface area contributed by atoms with Crippen LogP contribution in [0, 0.1) is 0 Å². The molecule has 1 saturated heterocycles. The van der Waals surface area contributed by atoms with Gasteiger partial charge in [0.15, 0.2) is 0 Å². The average Bonchev–Trinajstić information content (AvgIpc) is 3.26. The standard InChI is InChI=1S/C24H25N5O3/c1-26-20-9-5-4-8-19(20)25-21(26)16-27-12-14-28(15-13-27)22(30)10-11-29-23(31)17-6-2-3-7-18(17)24(29)32/h2-9H,10-16H2,1H3. The Kier molecular flexibility index (Phi) is 5.22. The Bertz CT molecular complexity index is 1170. The Morgan fingerprint density at radius 2 is 1.53 bits per heavy atom. The third kappa shape index (κ3) is 3.56. The van der Waals surface area contributed by atoms with Gasteiger partial charge in [0.25, 0.3) is 11.8 Å². The molecule has 0 unspecified atom stereocenters. The Balaban J connectivity index is 1.14. The van der Waals surface area contributed by atoms with Crippen molar-refractivity contribution in [2.45, 2.75) is 13.0 Å². The van der Waals surface area contributed by atoms with E-state index in [-0.39, 0.29) is 30.7 Å². The smallest absolute Gasteiger partial charge is 0.261 e. The molecule has 3 aromatic rings. The number of hydrogen-bond donors (Lipinski definition) is 0. The zero-order valence-corrected chi connectivity index (χ0v) is 18.0. The molecule has 0 atom stereocenters. The number of nitrogens with zero attached hydrogens (tertiary/aromatic N) is 5. The number of aryl methyl sites for hydroxylation is 1. The summed E-state index contributed by atoms with van der Waals surface area (Å²) in [4.78, 5) is 47.7. The summed E-state index contributed by atoms with van der Waals surface area (Å²) in [5.74, 6) is 0.358. The molecule has 8 nitrogen and oxygen atoms in total. The molecular weight excluding hydrogens is 406 g/mol. The van der Waals surface area contributed by atoms with Gasteiger partial charge in [0.1, 0.15) is 5.82 Å². The molecule has 0 radical (unpaired) electrons. The summed E-state index contributed by atoms with van der Waals surface area (Å²) in [5, 5.41) is 0. The van der Waals surface area contributed by atoms with E-state index in [9.17, 15) is 14.4 Å². The second-order valence-corrected chi connectivity index (χ2v) is 8.29. The SMILES string of the molecule is Cn1c(CN2CCN(C(=O)CCN3C(=O)c4ccccc4C3=O)CC2)nc2ccccc21. The van der Waals surface area contributed by atoms with Crippen LogP contribution in [0.15, 0.2) is 48.5 Å². The topological polar surface area (TPSA) is 78.8 Å². The van der Waals surface area contributed by atoms with Crippen LogP contribution in [-0.2, 0) is 18.4 Å². The Hall–Kier alpha value is -3.52. The van der Waals surface area contributed by atoms with Gasteiger partial charge in [0.05, 0.1) is 28.7 Å². The van der Waals surface area contributed by atoms with E-state index in [2.05, 4.69) is 15.5 Å². The van der Waals surface area contributed by atoms with E-state index in [1.807, 2.05) is 30.1 Å². The molecule has 3 heterocycles. The minimum absolute atomic E-state index is 0.0241. The number of aromatic nitrogens is 2. The molecule has 1 aromatic heterocycles. The number of benzene rings is 2. The van der Waals surface area contributed by atoms with Crippen LogP contribution in [0.2, 0.25) is 0 Å². The monoisotopic (exact) mass is 431 g/mol. The number of imide groups is 1. The van der Waals surface area contributed by atoms with Gasteiger partial charge in [-0.3, -0.25) is 24.2 Å². The van der Waals surface area contributed by atoms with Crippen molar-refractivity contribution in [3.8, 4) is 0 Å². The maximum Gasteiger partial charge on any atom is 0.261 e. The summed E-state index contributed by atoms with van der Waals surface area (Å²) >= 11 is 0. The summed E-state index contributed by atoms with van der Waals surface area (Å²) in [6, 6.07) is 14.9. The van der Waals surface area contributed by atoms with Crippen molar-refractivity contribution in [3.63, 3.8) is 0 Å². The predicted octanol–water partition coefficient (Wildman–Crippen LogP) is 1.90. The zero-order chi connectivity index (χ0) is 22.2. The minimum atomic E-state index is -0.314. The third-order valence-electron chi connectivity index (χ3n) is 6.40. The second-order valence-electron chi connectivity index (χ2n) is 8.29. The fourth-order valence-corrected chi connectivity index (χ4v) is 4.50. The fraction of sp³-hybridized carbons (Fsp3) is 0.333. The first kappa shape index (κ1) is 20.4. The van der Waals surface area contributed by atoms with Gasteiger partial charge in [0.2, 0.25) is 5.91 Å². The predicted molar refractivity (Wildman–Crippen MR) is 119 cm³/mol. The van der Waals surface area contributed by atoms with Gasteiger partial charge in [0, 0.05) is 46.2 Å². The highest BCUT2D eigenvalue weighted by Gasteiger charge is 2.35. The number of amides is 3. The number of carbonyl (C=O) groups is 3. The van der Waals surface area contributed by atoms with Gasteiger partial charge in [-0.25, -0.2) is 4.98 Å². The molecule has 164 valence electrons. The lowest BCUT2D eigenvalue weighted by molar-refractivity contribution is -0.133. The van der Waals surface area contributed by atoms with Crippen molar-refractivity contribution in [2.24, 2.45) is 7.05 Å². The molecule has 8 heteroatoms.